The van der Waals surface area contributed by atoms with Crippen LogP contribution in [-0.2, 0) is 16.1 Å². The molecule has 5 heteroatoms. The number of aromatic nitrogens is 1. The van der Waals surface area contributed by atoms with Crippen molar-refractivity contribution in [1.29, 1.82) is 5.26 Å². The van der Waals surface area contributed by atoms with Crippen molar-refractivity contribution in [2.45, 2.75) is 13.0 Å². The molecule has 0 aliphatic rings. The van der Waals surface area contributed by atoms with E-state index in [1.807, 2.05) is 6.07 Å². The Labute approximate surface area is 94.1 Å². The number of nitrogens with zero attached hydrogens (tertiary/aromatic N) is 2. The Balaban J connectivity index is 2.32. The summed E-state index contributed by atoms with van der Waals surface area (Å²) in [6.07, 6.45) is 1.89. The first-order valence-corrected chi connectivity index (χ1v) is 4.89. The molecule has 0 radical (unpaired) electrons. The normalized spacial score (nSPS) is 9.50. The zero-order valence-electron chi connectivity index (χ0n) is 9.06. The molecule has 0 bridgehead atoms. The Morgan fingerprint density at radius 2 is 2.50 bits per heavy atom. The Kier molecular flexibility index (Phi) is 4.96. The fraction of sp³-hybridized carbons (Fsp3) is 0.364. The van der Waals surface area contributed by atoms with Gasteiger partial charge in [-0.25, -0.2) is 0 Å². The van der Waals surface area contributed by atoms with E-state index in [2.05, 4.69) is 10.3 Å². The van der Waals surface area contributed by atoms with Crippen LogP contribution in [0.2, 0.25) is 0 Å². The molecule has 0 unspecified atom stereocenters. The van der Waals surface area contributed by atoms with Gasteiger partial charge in [-0.2, -0.15) is 5.26 Å². The first kappa shape index (κ1) is 12.1. The number of hydrogen-bond donors (Lipinski definition) is 1. The zero-order valence-corrected chi connectivity index (χ0v) is 9.06. The smallest absolute Gasteiger partial charge is 0.222 e. The number of carbonyl (C=O) groups is 1. The van der Waals surface area contributed by atoms with E-state index in [1.54, 1.807) is 25.4 Å². The van der Waals surface area contributed by atoms with Crippen molar-refractivity contribution in [3.05, 3.63) is 29.6 Å². The predicted molar refractivity (Wildman–Crippen MR) is 57.3 cm³/mol. The quantitative estimate of drug-likeness (QED) is 0.736. The van der Waals surface area contributed by atoms with E-state index in [1.165, 1.54) is 0 Å². The lowest BCUT2D eigenvalue weighted by Gasteiger charge is -2.03. The van der Waals surface area contributed by atoms with Gasteiger partial charge in [-0.1, -0.05) is 0 Å². The van der Waals surface area contributed by atoms with Crippen molar-refractivity contribution in [3.8, 4) is 6.07 Å². The van der Waals surface area contributed by atoms with Gasteiger partial charge < -0.3 is 10.1 Å². The van der Waals surface area contributed by atoms with Gasteiger partial charge in [0.25, 0.3) is 0 Å². The second-order valence-corrected chi connectivity index (χ2v) is 3.12. The van der Waals surface area contributed by atoms with Crippen LogP contribution in [0, 0.1) is 11.3 Å². The van der Waals surface area contributed by atoms with E-state index < -0.39 is 0 Å². The first-order valence-electron chi connectivity index (χ1n) is 4.89. The summed E-state index contributed by atoms with van der Waals surface area (Å²) in [7, 11) is 1.58. The lowest BCUT2D eigenvalue weighted by Crippen LogP contribution is -2.19. The maximum Gasteiger partial charge on any atom is 0.222 e. The molecule has 84 valence electrons. The molecule has 0 aliphatic heterocycles. The number of rotatable bonds is 5. The maximum atomic E-state index is 10.9. The number of pyridine rings is 1. The van der Waals surface area contributed by atoms with Gasteiger partial charge in [0, 0.05) is 19.7 Å². The Hall–Kier alpha value is -1.93. The molecule has 16 heavy (non-hydrogen) atoms. The van der Waals surface area contributed by atoms with E-state index in [9.17, 15) is 4.79 Å². The molecule has 1 N–H and O–H groups in total. The molecule has 5 nitrogen and oxygen atoms in total. The minimum absolute atomic E-state index is 0.0567. The average molecular weight is 219 g/mol. The van der Waals surface area contributed by atoms with Crippen LogP contribution in [0.15, 0.2) is 18.3 Å². The van der Waals surface area contributed by atoms with Gasteiger partial charge in [0.1, 0.15) is 0 Å². The van der Waals surface area contributed by atoms with E-state index in [4.69, 9.17) is 10.00 Å². The molecule has 0 saturated heterocycles. The number of carbonyl (C=O) groups excluding carboxylic acids is 1. The number of ether oxygens (including phenoxy) is 1. The number of amides is 1. The van der Waals surface area contributed by atoms with E-state index in [0.717, 1.165) is 0 Å². The van der Waals surface area contributed by atoms with Crippen LogP contribution in [0.4, 0.5) is 0 Å². The molecule has 0 aromatic carbocycles. The van der Waals surface area contributed by atoms with Crippen molar-refractivity contribution in [2.75, 3.05) is 13.7 Å². The van der Waals surface area contributed by atoms with Crippen molar-refractivity contribution in [2.24, 2.45) is 0 Å². The lowest BCUT2D eigenvalue weighted by atomic mass is 10.2. The van der Waals surface area contributed by atoms with Gasteiger partial charge in [-0.3, -0.25) is 9.78 Å². The second kappa shape index (κ2) is 6.53. The molecule has 0 atom stereocenters. The highest BCUT2D eigenvalue weighted by atomic mass is 16.5. The lowest BCUT2D eigenvalue weighted by molar-refractivity contribution is -0.121. The van der Waals surface area contributed by atoms with Crippen LogP contribution in [-0.4, -0.2) is 24.5 Å². The van der Waals surface area contributed by atoms with Crippen LogP contribution in [0.1, 0.15) is 17.7 Å². The molecule has 1 aromatic heterocycles. The van der Waals surface area contributed by atoms with E-state index >= 15 is 0 Å². The zero-order chi connectivity index (χ0) is 11.8. The first-order chi connectivity index (χ1) is 7.76. The average Bonchev–Trinajstić information content (AvgIpc) is 2.34. The largest absolute Gasteiger partial charge is 0.375 e. The van der Waals surface area contributed by atoms with Crippen LogP contribution in [0.5, 0.6) is 0 Å². The van der Waals surface area contributed by atoms with Gasteiger partial charge >= 0.3 is 0 Å². The molecular weight excluding hydrogens is 206 g/mol. The fourth-order valence-electron chi connectivity index (χ4n) is 1.09. The van der Waals surface area contributed by atoms with Gasteiger partial charge in [-0.15, -0.1) is 0 Å². The highest BCUT2D eigenvalue weighted by molar-refractivity contribution is 5.75. The van der Waals surface area contributed by atoms with Gasteiger partial charge in [0.05, 0.1) is 30.5 Å². The molecule has 0 saturated carbocycles. The number of nitriles is 1. The molecule has 1 rings (SSSR count). The number of hydrogen-bond acceptors (Lipinski definition) is 4. The van der Waals surface area contributed by atoms with Crippen LogP contribution >= 0.6 is 0 Å². The Morgan fingerprint density at radius 1 is 1.69 bits per heavy atom. The fourth-order valence-corrected chi connectivity index (χ4v) is 1.09. The van der Waals surface area contributed by atoms with Crippen molar-refractivity contribution >= 4 is 5.91 Å². The van der Waals surface area contributed by atoms with E-state index in [0.29, 0.717) is 30.9 Å². The van der Waals surface area contributed by atoms with Crippen molar-refractivity contribution in [1.82, 2.24) is 10.3 Å². The molecule has 0 aliphatic carbocycles. The van der Waals surface area contributed by atoms with Crippen LogP contribution in [0.25, 0.3) is 0 Å². The van der Waals surface area contributed by atoms with Gasteiger partial charge in [-0.05, 0) is 12.1 Å². The van der Waals surface area contributed by atoms with E-state index in [-0.39, 0.29) is 5.91 Å². The summed E-state index contributed by atoms with van der Waals surface area (Å²) in [5.41, 5.74) is 1.25. The highest BCUT2D eigenvalue weighted by Gasteiger charge is 1.99. The Morgan fingerprint density at radius 3 is 3.19 bits per heavy atom. The third kappa shape index (κ3) is 4.07. The Bertz CT molecular complexity index is 398. The van der Waals surface area contributed by atoms with Crippen LogP contribution < -0.4 is 5.32 Å². The summed E-state index contributed by atoms with van der Waals surface area (Å²) in [5.74, 6) is -0.0567. The summed E-state index contributed by atoms with van der Waals surface area (Å²) in [5, 5.41) is 11.2. The minimum atomic E-state index is -0.0567. The topological polar surface area (TPSA) is 75.0 Å². The SMILES string of the molecule is CNC(=O)CCOCc1cc(C#N)ccn1. The van der Waals surface area contributed by atoms with Crippen LogP contribution in [0.3, 0.4) is 0 Å². The molecular formula is C11H13N3O2. The summed E-state index contributed by atoms with van der Waals surface area (Å²) in [6, 6.07) is 5.32. The summed E-state index contributed by atoms with van der Waals surface area (Å²) in [4.78, 5) is 14.9. The molecule has 1 amide bonds. The van der Waals surface area contributed by atoms with Gasteiger partial charge in [0.15, 0.2) is 0 Å². The molecule has 0 spiro atoms. The van der Waals surface area contributed by atoms with Gasteiger partial charge in [0.2, 0.25) is 5.91 Å². The monoisotopic (exact) mass is 219 g/mol. The summed E-state index contributed by atoms with van der Waals surface area (Å²) >= 11 is 0. The molecule has 1 aromatic rings. The maximum absolute atomic E-state index is 10.9. The molecule has 0 fully saturated rings. The predicted octanol–water partition coefficient (Wildman–Crippen LogP) is 0.606. The highest BCUT2D eigenvalue weighted by Crippen LogP contribution is 2.01. The summed E-state index contributed by atoms with van der Waals surface area (Å²) in [6.45, 7) is 0.657. The minimum Gasteiger partial charge on any atom is -0.375 e. The standard InChI is InChI=1S/C11H13N3O2/c1-13-11(15)3-5-16-8-10-6-9(7-12)2-4-14-10/h2,4,6H,3,5,8H2,1H3,(H,13,15). The third-order valence-electron chi connectivity index (χ3n) is 1.95. The number of nitrogens with one attached hydrogen (secondary N) is 1. The molecule has 1 heterocycles. The second-order valence-electron chi connectivity index (χ2n) is 3.12. The third-order valence-corrected chi connectivity index (χ3v) is 1.95. The van der Waals surface area contributed by atoms with Crippen molar-refractivity contribution < 1.29 is 9.53 Å². The van der Waals surface area contributed by atoms with Crippen molar-refractivity contribution in [3.63, 3.8) is 0 Å². The summed E-state index contributed by atoms with van der Waals surface area (Å²) < 4.78 is 5.26.